The molecule has 3 saturated heterocycles. The molecule has 14 heteroatoms. The van der Waals surface area contributed by atoms with E-state index in [0.29, 0.717) is 27.1 Å². The maximum atomic E-state index is 13.6. The number of anilines is 1. The van der Waals surface area contributed by atoms with Crippen molar-refractivity contribution in [2.75, 3.05) is 31.1 Å². The second-order valence-corrected chi connectivity index (χ2v) is 11.3. The minimum absolute atomic E-state index is 0.0132. The van der Waals surface area contributed by atoms with Crippen molar-refractivity contribution in [3.05, 3.63) is 71.1 Å². The van der Waals surface area contributed by atoms with E-state index in [9.17, 15) is 41.8 Å². The lowest BCUT2D eigenvalue weighted by molar-refractivity contribution is -0.255. The number of hydrogen-bond acceptors (Lipinski definition) is 8. The van der Waals surface area contributed by atoms with Gasteiger partial charge in [0, 0.05) is 52.7 Å². The van der Waals surface area contributed by atoms with E-state index in [1.54, 1.807) is 24.3 Å². The van der Waals surface area contributed by atoms with E-state index in [2.05, 4.69) is 0 Å². The van der Waals surface area contributed by atoms with Gasteiger partial charge in [-0.05, 0) is 35.9 Å². The normalized spacial score (nSPS) is 18.7. The maximum Gasteiger partial charge on any atom is 0.363 e. The average Bonchev–Trinajstić information content (AvgIpc) is 3.28. The zero-order chi connectivity index (χ0) is 31.8. The minimum Gasteiger partial charge on any atom is -0.545 e. The van der Waals surface area contributed by atoms with E-state index < -0.39 is 61.8 Å². The van der Waals surface area contributed by atoms with Gasteiger partial charge in [0.25, 0.3) is 17.7 Å². The number of imide groups is 1. The van der Waals surface area contributed by atoms with E-state index in [0.717, 1.165) is 12.1 Å². The minimum atomic E-state index is -2.85. The number of hydrogen-bond donors (Lipinski definition) is 0. The van der Waals surface area contributed by atoms with E-state index in [4.69, 9.17) is 9.25 Å². The van der Waals surface area contributed by atoms with Crippen molar-refractivity contribution in [3.63, 3.8) is 0 Å². The topological polar surface area (TPSA) is 123 Å². The monoisotopic (exact) mass is 623 g/mol. The Morgan fingerprint density at radius 2 is 1.58 bits per heavy atom. The van der Waals surface area contributed by atoms with Gasteiger partial charge in [0.1, 0.15) is 11.3 Å². The SMILES string of the molecule is O=C(ON1C(=O)CCC1=O)c1ccc(C(=O)[O-])c(-c2c3ccc(=[N+]4CC(F)(F)C4)cc-3oc3cc(N4CC(F)(F)C4)ccc23)c1. The Balaban J connectivity index is 1.42. The van der Waals surface area contributed by atoms with Crippen LogP contribution in [-0.4, -0.2) is 66.8 Å². The summed E-state index contributed by atoms with van der Waals surface area (Å²) in [6.45, 7) is -2.03. The number of aromatic carboxylic acids is 1. The molecule has 4 heterocycles. The highest BCUT2D eigenvalue weighted by atomic mass is 19.3. The molecule has 2 aromatic rings. The molecule has 4 aliphatic heterocycles. The van der Waals surface area contributed by atoms with Gasteiger partial charge in [0.2, 0.25) is 18.4 Å². The van der Waals surface area contributed by atoms with Crippen LogP contribution in [0.5, 0.6) is 0 Å². The molecule has 0 N–H and O–H groups in total. The molecule has 0 aromatic heterocycles. The smallest absolute Gasteiger partial charge is 0.363 e. The first kappa shape index (κ1) is 28.5. The molecule has 0 bridgehead atoms. The number of nitrogens with zero attached hydrogens (tertiary/aromatic N) is 3. The fourth-order valence-electron chi connectivity index (χ4n) is 5.79. The van der Waals surface area contributed by atoms with Gasteiger partial charge in [0.05, 0.1) is 30.7 Å². The second-order valence-electron chi connectivity index (χ2n) is 11.3. The number of amides is 2. The predicted molar refractivity (Wildman–Crippen MR) is 146 cm³/mol. The number of carbonyl (C=O) groups is 4. The second kappa shape index (κ2) is 9.87. The number of carboxylic acids is 1. The third-order valence-corrected chi connectivity index (χ3v) is 8.03. The molecule has 7 rings (SSSR count). The maximum absolute atomic E-state index is 13.6. The summed E-state index contributed by atoms with van der Waals surface area (Å²) in [5.41, 5.74) is 0.658. The number of carbonyl (C=O) groups excluding carboxylic acids is 4. The molecule has 2 aromatic carbocycles. The van der Waals surface area contributed by atoms with Crippen LogP contribution in [0.3, 0.4) is 0 Å². The molecule has 0 radical (unpaired) electrons. The lowest BCUT2D eigenvalue weighted by Gasteiger charge is -2.40. The van der Waals surface area contributed by atoms with E-state index in [-0.39, 0.29) is 46.4 Å². The third-order valence-electron chi connectivity index (χ3n) is 8.03. The molecule has 0 atom stereocenters. The van der Waals surface area contributed by atoms with Crippen LogP contribution in [0.25, 0.3) is 33.4 Å². The first-order valence-electron chi connectivity index (χ1n) is 13.8. The van der Waals surface area contributed by atoms with Crippen LogP contribution < -0.4 is 19.9 Å². The molecule has 10 nitrogen and oxygen atoms in total. The summed E-state index contributed by atoms with van der Waals surface area (Å²) in [5.74, 6) is -9.62. The summed E-state index contributed by atoms with van der Waals surface area (Å²) in [5, 5.41) is 13.4. The largest absolute Gasteiger partial charge is 0.545 e. The first-order valence-corrected chi connectivity index (χ1v) is 13.8. The van der Waals surface area contributed by atoms with Gasteiger partial charge in [-0.3, -0.25) is 9.59 Å². The van der Waals surface area contributed by atoms with E-state index >= 15 is 0 Å². The number of carboxylic acid groups (broad SMARTS) is 1. The molecule has 0 saturated carbocycles. The van der Waals surface area contributed by atoms with Crippen molar-refractivity contribution < 1.29 is 51.1 Å². The summed E-state index contributed by atoms with van der Waals surface area (Å²) in [6, 6.07) is 12.8. The lowest BCUT2D eigenvalue weighted by Crippen LogP contribution is -2.57. The van der Waals surface area contributed by atoms with Gasteiger partial charge in [0.15, 0.2) is 0 Å². The Labute approximate surface area is 250 Å². The summed E-state index contributed by atoms with van der Waals surface area (Å²) in [7, 11) is 0. The standard InChI is InChI=1S/C31H21F4N3O7/c32-30(33)12-36(13-30)17-2-5-20-23(10-17)44-24-11-18(37-14-31(34,35)15-37)3-6-21(24)27(20)22-9-16(1-4-19(22)28(41)42)29(43)45-38-25(39)7-8-26(38)40/h1-6,9-11H,7-8,12-15H2. The van der Waals surface area contributed by atoms with Crippen molar-refractivity contribution in [3.8, 4) is 22.5 Å². The molecule has 3 fully saturated rings. The highest BCUT2D eigenvalue weighted by Gasteiger charge is 2.50. The Morgan fingerprint density at radius 1 is 0.867 bits per heavy atom. The van der Waals surface area contributed by atoms with Gasteiger partial charge >= 0.3 is 11.9 Å². The molecular weight excluding hydrogens is 602 g/mol. The molecule has 45 heavy (non-hydrogen) atoms. The van der Waals surface area contributed by atoms with E-state index in [1.807, 2.05) is 0 Å². The Morgan fingerprint density at radius 3 is 2.22 bits per heavy atom. The van der Waals surface area contributed by atoms with Gasteiger partial charge in [-0.1, -0.05) is 6.07 Å². The van der Waals surface area contributed by atoms with Gasteiger partial charge in [-0.15, -0.1) is 5.06 Å². The number of fused-ring (bicyclic) bond motifs is 2. The quantitative estimate of drug-likeness (QED) is 0.144. The van der Waals surface area contributed by atoms with Crippen LogP contribution in [0.2, 0.25) is 0 Å². The Bertz CT molecular complexity index is 1990. The number of benzene rings is 3. The van der Waals surface area contributed by atoms with Gasteiger partial charge < -0.3 is 24.1 Å². The Kier molecular flexibility index (Phi) is 6.25. The molecule has 0 unspecified atom stereocenters. The molecule has 1 aliphatic carbocycles. The zero-order valence-electron chi connectivity index (χ0n) is 23.2. The van der Waals surface area contributed by atoms with Crippen LogP contribution in [0.1, 0.15) is 33.6 Å². The first-order chi connectivity index (χ1) is 21.3. The van der Waals surface area contributed by atoms with E-state index in [1.165, 1.54) is 27.7 Å². The van der Waals surface area contributed by atoms with Gasteiger partial charge in [-0.2, -0.15) is 8.78 Å². The highest BCUT2D eigenvalue weighted by Crippen LogP contribution is 2.43. The van der Waals surface area contributed by atoms with Crippen molar-refractivity contribution in [2.24, 2.45) is 0 Å². The van der Waals surface area contributed by atoms with Gasteiger partial charge in [-0.25, -0.2) is 18.2 Å². The molecule has 230 valence electrons. The lowest BCUT2D eigenvalue weighted by atomic mass is 9.89. The summed E-state index contributed by atoms with van der Waals surface area (Å²) < 4.78 is 62.1. The number of rotatable bonds is 5. The van der Waals surface area contributed by atoms with Crippen LogP contribution in [0, 0.1) is 0 Å². The van der Waals surface area contributed by atoms with Crippen molar-refractivity contribution >= 4 is 40.4 Å². The highest BCUT2D eigenvalue weighted by molar-refractivity contribution is 6.09. The van der Waals surface area contributed by atoms with Crippen molar-refractivity contribution in [1.29, 1.82) is 0 Å². The third kappa shape index (κ3) is 4.95. The summed E-state index contributed by atoms with van der Waals surface area (Å²) in [4.78, 5) is 55.8. The molecule has 5 aliphatic rings. The zero-order valence-corrected chi connectivity index (χ0v) is 23.2. The van der Waals surface area contributed by atoms with Crippen LogP contribution in [0.15, 0.2) is 59.0 Å². The van der Waals surface area contributed by atoms with Crippen LogP contribution >= 0.6 is 0 Å². The molecule has 0 spiro atoms. The Hall–Kier alpha value is -5.27. The molecule has 2 amide bonds. The summed E-state index contributed by atoms with van der Waals surface area (Å²) >= 11 is 0. The summed E-state index contributed by atoms with van der Waals surface area (Å²) in [6.07, 6.45) is -0.249. The average molecular weight is 624 g/mol. The number of hydroxylamine groups is 2. The number of alkyl halides is 4. The van der Waals surface area contributed by atoms with Crippen LogP contribution in [0.4, 0.5) is 23.2 Å². The number of halogens is 4. The fraction of sp³-hybridized carbons (Fsp3) is 0.258. The fourth-order valence-corrected chi connectivity index (χ4v) is 5.79. The predicted octanol–water partition coefficient (Wildman–Crippen LogP) is 2.67. The van der Waals surface area contributed by atoms with Crippen molar-refractivity contribution in [1.82, 2.24) is 9.64 Å². The van der Waals surface area contributed by atoms with Crippen molar-refractivity contribution in [2.45, 2.75) is 24.7 Å². The van der Waals surface area contributed by atoms with Crippen LogP contribution in [-0.2, 0) is 14.4 Å². The molecular formula is C31H21F4N3O7.